The van der Waals surface area contributed by atoms with Crippen LogP contribution in [-0.2, 0) is 19.3 Å². The highest BCUT2D eigenvalue weighted by Gasteiger charge is 2.11. The van der Waals surface area contributed by atoms with E-state index < -0.39 is 16.2 Å². The monoisotopic (exact) mass is 221 g/mol. The zero-order chi connectivity index (χ0) is 11.4. The molecule has 6 heteroatoms. The third kappa shape index (κ3) is 6.62. The maximum atomic E-state index is 11.0. The summed E-state index contributed by atoms with van der Waals surface area (Å²) in [7, 11) is -2.96. The van der Waals surface area contributed by atoms with Crippen molar-refractivity contribution in [2.75, 3.05) is 7.11 Å². The van der Waals surface area contributed by atoms with Gasteiger partial charge in [-0.1, -0.05) is 26.8 Å². The van der Waals surface area contributed by atoms with Crippen LogP contribution >= 0.6 is 0 Å². The van der Waals surface area contributed by atoms with Crippen LogP contribution in [0.25, 0.3) is 0 Å². The summed E-state index contributed by atoms with van der Waals surface area (Å²) in [6.07, 6.45) is 2.77. The molecule has 0 aliphatic rings. The predicted molar refractivity (Wildman–Crippen MR) is 52.7 cm³/mol. The second-order valence-electron chi connectivity index (χ2n) is 3.79. The van der Waals surface area contributed by atoms with E-state index in [1.807, 2.05) is 20.8 Å². The molecular formula is C8H15NO4S. The Bertz CT molecular complexity index is 324. The van der Waals surface area contributed by atoms with Gasteiger partial charge in [0.05, 0.1) is 7.11 Å². The van der Waals surface area contributed by atoms with Gasteiger partial charge in [-0.05, 0) is 5.41 Å². The minimum Gasteiger partial charge on any atom is -0.269 e. The Morgan fingerprint density at radius 1 is 1.36 bits per heavy atom. The summed E-state index contributed by atoms with van der Waals surface area (Å²) >= 11 is 0. The average Bonchev–Trinajstić information content (AvgIpc) is 1.99. The van der Waals surface area contributed by atoms with Crippen LogP contribution in [0, 0.1) is 5.41 Å². The molecule has 0 saturated carbocycles. The highest BCUT2D eigenvalue weighted by Crippen LogP contribution is 2.13. The molecule has 0 saturated heterocycles. The number of amides is 1. The average molecular weight is 221 g/mol. The van der Waals surface area contributed by atoms with Crippen molar-refractivity contribution in [3.8, 4) is 0 Å². The van der Waals surface area contributed by atoms with Crippen molar-refractivity contribution in [1.82, 2.24) is 4.72 Å². The zero-order valence-corrected chi connectivity index (χ0v) is 9.51. The zero-order valence-electron chi connectivity index (χ0n) is 8.70. The molecule has 0 fully saturated rings. The SMILES string of the molecule is COS(=O)(=O)NC(=O)C=CC(C)(C)C. The molecule has 14 heavy (non-hydrogen) atoms. The minimum absolute atomic E-state index is 0.172. The largest absolute Gasteiger partial charge is 0.362 e. The number of hydrogen-bond acceptors (Lipinski definition) is 4. The van der Waals surface area contributed by atoms with Crippen LogP contribution in [0.5, 0.6) is 0 Å². The Kier molecular flexibility index (Phi) is 4.28. The van der Waals surface area contributed by atoms with Gasteiger partial charge in [-0.15, -0.1) is 0 Å². The standard InChI is InChI=1S/C8H15NO4S/c1-8(2,3)6-5-7(10)9-14(11,12)13-4/h5-6H,1-4H3,(H,9,10). The molecule has 0 unspecified atom stereocenters. The molecule has 0 aromatic rings. The predicted octanol–water partition coefficient (Wildman–Crippen LogP) is 0.596. The number of hydrogen-bond donors (Lipinski definition) is 1. The highest BCUT2D eigenvalue weighted by atomic mass is 32.2. The van der Waals surface area contributed by atoms with Gasteiger partial charge in [0.2, 0.25) is 0 Å². The van der Waals surface area contributed by atoms with Crippen LogP contribution in [0.4, 0.5) is 0 Å². The number of carbonyl (C=O) groups excluding carboxylic acids is 1. The molecule has 82 valence electrons. The van der Waals surface area contributed by atoms with Gasteiger partial charge >= 0.3 is 10.3 Å². The van der Waals surface area contributed by atoms with Crippen LogP contribution in [0.2, 0.25) is 0 Å². The van der Waals surface area contributed by atoms with E-state index in [0.29, 0.717) is 0 Å². The molecule has 0 rings (SSSR count). The lowest BCUT2D eigenvalue weighted by Gasteiger charge is -2.10. The molecule has 0 heterocycles. The Labute approximate surface area is 84.4 Å². The quantitative estimate of drug-likeness (QED) is 0.708. The van der Waals surface area contributed by atoms with Crippen molar-refractivity contribution < 1.29 is 17.4 Å². The maximum Gasteiger partial charge on any atom is 0.362 e. The van der Waals surface area contributed by atoms with E-state index in [9.17, 15) is 13.2 Å². The van der Waals surface area contributed by atoms with E-state index in [1.54, 1.807) is 10.8 Å². The van der Waals surface area contributed by atoms with Gasteiger partial charge in [0, 0.05) is 6.08 Å². The summed E-state index contributed by atoms with van der Waals surface area (Å²) in [5.41, 5.74) is -0.172. The third-order valence-corrected chi connectivity index (χ3v) is 2.07. The molecule has 0 bridgehead atoms. The maximum absolute atomic E-state index is 11.0. The Morgan fingerprint density at radius 2 is 1.86 bits per heavy atom. The van der Waals surface area contributed by atoms with Crippen LogP contribution in [0.15, 0.2) is 12.2 Å². The van der Waals surface area contributed by atoms with E-state index >= 15 is 0 Å². The fourth-order valence-electron chi connectivity index (χ4n) is 0.525. The van der Waals surface area contributed by atoms with E-state index in [1.165, 1.54) is 0 Å². The Balaban J connectivity index is 4.34. The van der Waals surface area contributed by atoms with Gasteiger partial charge in [-0.3, -0.25) is 8.98 Å². The summed E-state index contributed by atoms with van der Waals surface area (Å²) in [5, 5.41) is 0. The van der Waals surface area contributed by atoms with Gasteiger partial charge in [0.1, 0.15) is 0 Å². The summed E-state index contributed by atoms with van der Waals surface area (Å²) in [6, 6.07) is 0. The molecule has 0 radical (unpaired) electrons. The van der Waals surface area contributed by atoms with Crippen molar-refractivity contribution in [3.05, 3.63) is 12.2 Å². The summed E-state index contributed by atoms with van der Waals surface area (Å²) in [5.74, 6) is -0.721. The van der Waals surface area contributed by atoms with Gasteiger partial charge in [-0.2, -0.15) is 8.42 Å². The number of allylic oxidation sites excluding steroid dienone is 1. The Hall–Kier alpha value is -0.880. The molecule has 0 aliphatic carbocycles. The van der Waals surface area contributed by atoms with Crippen LogP contribution in [0.1, 0.15) is 20.8 Å². The van der Waals surface area contributed by atoms with E-state index in [-0.39, 0.29) is 5.41 Å². The summed E-state index contributed by atoms with van der Waals surface area (Å²) in [4.78, 5) is 11.0. The fraction of sp³-hybridized carbons (Fsp3) is 0.625. The number of carbonyl (C=O) groups is 1. The molecule has 5 nitrogen and oxygen atoms in total. The molecule has 1 N–H and O–H groups in total. The van der Waals surface area contributed by atoms with Crippen LogP contribution in [0.3, 0.4) is 0 Å². The highest BCUT2D eigenvalue weighted by molar-refractivity contribution is 7.85. The molecule has 0 spiro atoms. The normalized spacial score (nSPS) is 13.1. The van der Waals surface area contributed by atoms with Crippen molar-refractivity contribution in [3.63, 3.8) is 0 Å². The van der Waals surface area contributed by atoms with Crippen LogP contribution in [-0.4, -0.2) is 21.4 Å². The van der Waals surface area contributed by atoms with Crippen molar-refractivity contribution in [1.29, 1.82) is 0 Å². The molecule has 0 atom stereocenters. The lowest BCUT2D eigenvalue weighted by atomic mass is 9.96. The van der Waals surface area contributed by atoms with E-state index in [0.717, 1.165) is 13.2 Å². The van der Waals surface area contributed by atoms with E-state index in [4.69, 9.17) is 0 Å². The van der Waals surface area contributed by atoms with Gasteiger partial charge in [0.25, 0.3) is 5.91 Å². The topological polar surface area (TPSA) is 72.5 Å². The van der Waals surface area contributed by atoms with Crippen molar-refractivity contribution in [2.45, 2.75) is 20.8 Å². The van der Waals surface area contributed by atoms with Crippen molar-refractivity contribution in [2.24, 2.45) is 5.41 Å². The number of nitrogens with one attached hydrogen (secondary N) is 1. The molecular weight excluding hydrogens is 206 g/mol. The fourth-order valence-corrected chi connectivity index (χ4v) is 0.922. The lowest BCUT2D eigenvalue weighted by molar-refractivity contribution is -0.115. The summed E-state index contributed by atoms with van der Waals surface area (Å²) < 4.78 is 27.2. The second kappa shape index (κ2) is 4.56. The third-order valence-electron chi connectivity index (χ3n) is 1.18. The van der Waals surface area contributed by atoms with Gasteiger partial charge in [-0.25, -0.2) is 4.72 Å². The first-order valence-electron chi connectivity index (χ1n) is 3.98. The van der Waals surface area contributed by atoms with Gasteiger partial charge in [0.15, 0.2) is 0 Å². The van der Waals surface area contributed by atoms with Crippen molar-refractivity contribution >= 4 is 16.2 Å². The molecule has 0 aromatic carbocycles. The first-order valence-corrected chi connectivity index (χ1v) is 5.39. The second-order valence-corrected chi connectivity index (χ2v) is 5.23. The first-order chi connectivity index (χ1) is 6.16. The van der Waals surface area contributed by atoms with E-state index in [2.05, 4.69) is 4.18 Å². The Morgan fingerprint density at radius 3 is 2.21 bits per heavy atom. The molecule has 0 aliphatic heterocycles. The lowest BCUT2D eigenvalue weighted by Crippen LogP contribution is -2.29. The van der Waals surface area contributed by atoms with Gasteiger partial charge < -0.3 is 0 Å². The van der Waals surface area contributed by atoms with Crippen LogP contribution < -0.4 is 4.72 Å². The summed E-state index contributed by atoms with van der Waals surface area (Å²) in [6.45, 7) is 5.67. The first kappa shape index (κ1) is 13.1. The molecule has 1 amide bonds. The smallest absolute Gasteiger partial charge is 0.269 e. The minimum atomic E-state index is -3.94. The number of rotatable bonds is 3. The molecule has 0 aromatic heterocycles.